The van der Waals surface area contributed by atoms with E-state index in [0.29, 0.717) is 11.0 Å². The molecule has 48 valence electrons. The van der Waals surface area contributed by atoms with Crippen molar-refractivity contribution in [2.45, 2.75) is 0 Å². The highest BCUT2D eigenvalue weighted by Gasteiger charge is 1.94. The van der Waals surface area contributed by atoms with E-state index >= 15 is 0 Å². The minimum atomic E-state index is 0.296. The van der Waals surface area contributed by atoms with Gasteiger partial charge < -0.3 is 10.3 Å². The van der Waals surface area contributed by atoms with Crippen LogP contribution in [0.5, 0.6) is 0 Å². The van der Waals surface area contributed by atoms with Gasteiger partial charge >= 0.3 is 0 Å². The van der Waals surface area contributed by atoms with E-state index in [-0.39, 0.29) is 0 Å². The van der Waals surface area contributed by atoms with Crippen molar-refractivity contribution in [1.29, 1.82) is 0 Å². The predicted octanol–water partition coefficient (Wildman–Crippen LogP) is 0.621. The van der Waals surface area contributed by atoms with Gasteiger partial charge in [-0.3, -0.25) is 0 Å². The number of nitrogens with zero attached hydrogens (tertiary/aromatic N) is 2. The highest BCUT2D eigenvalue weighted by atomic mass is 35.5. The first-order valence-electron chi connectivity index (χ1n) is 2.17. The molecule has 0 aliphatic rings. The lowest BCUT2D eigenvalue weighted by Gasteiger charge is -1.74. The molecule has 0 fully saturated rings. The molecule has 1 heterocycles. The summed E-state index contributed by atoms with van der Waals surface area (Å²) in [5, 5.41) is 3.48. The monoisotopic (exact) mass is 145 g/mol. The summed E-state index contributed by atoms with van der Waals surface area (Å²) in [5.41, 5.74) is 0. The van der Waals surface area contributed by atoms with Crippen molar-refractivity contribution in [3.05, 3.63) is 17.3 Å². The molecule has 1 rings (SSSR count). The SMILES string of the molecule is NN=Cc1nc(Cl)co1. The van der Waals surface area contributed by atoms with Crippen LogP contribution in [0.1, 0.15) is 5.89 Å². The Labute approximate surface area is 56.3 Å². The third kappa shape index (κ3) is 1.43. The fraction of sp³-hybridized carbons (Fsp3) is 0. The van der Waals surface area contributed by atoms with Gasteiger partial charge in [0.25, 0.3) is 0 Å². The molecule has 1 aromatic heterocycles. The van der Waals surface area contributed by atoms with Crippen LogP contribution in [0.15, 0.2) is 15.8 Å². The zero-order valence-electron chi connectivity index (χ0n) is 4.41. The Bertz CT molecular complexity index is 219. The fourth-order valence-electron chi connectivity index (χ4n) is 0.390. The average molecular weight is 146 g/mol. The summed E-state index contributed by atoms with van der Waals surface area (Å²) in [6.45, 7) is 0. The zero-order chi connectivity index (χ0) is 6.69. The molecule has 9 heavy (non-hydrogen) atoms. The lowest BCUT2D eigenvalue weighted by molar-refractivity contribution is 0.550. The Balaban J connectivity index is 2.85. The van der Waals surface area contributed by atoms with Crippen LogP contribution in [0.3, 0.4) is 0 Å². The lowest BCUT2D eigenvalue weighted by atomic mass is 10.7. The van der Waals surface area contributed by atoms with Gasteiger partial charge in [0.2, 0.25) is 5.89 Å². The van der Waals surface area contributed by atoms with Crippen LogP contribution >= 0.6 is 11.6 Å². The molecule has 4 nitrogen and oxygen atoms in total. The van der Waals surface area contributed by atoms with Crippen molar-refractivity contribution in [1.82, 2.24) is 4.98 Å². The molecule has 0 saturated carbocycles. The van der Waals surface area contributed by atoms with Crippen molar-refractivity contribution in [3.8, 4) is 0 Å². The number of rotatable bonds is 1. The molecule has 0 bridgehead atoms. The van der Waals surface area contributed by atoms with Crippen LogP contribution in [0.2, 0.25) is 5.15 Å². The summed E-state index contributed by atoms with van der Waals surface area (Å²) in [4.78, 5) is 3.67. The standard InChI is InChI=1S/C4H4ClN3O/c5-3-2-9-4(8-3)1-7-6/h1-2H,6H2. The zero-order valence-corrected chi connectivity index (χ0v) is 5.17. The number of hydrogen-bond donors (Lipinski definition) is 1. The van der Waals surface area contributed by atoms with Crippen molar-refractivity contribution in [3.63, 3.8) is 0 Å². The molecular weight excluding hydrogens is 142 g/mol. The number of nitrogens with two attached hydrogens (primary N) is 1. The average Bonchev–Trinajstić information content (AvgIpc) is 2.17. The minimum absolute atomic E-state index is 0.296. The maximum Gasteiger partial charge on any atom is 0.240 e. The molecule has 0 amide bonds. The van der Waals surface area contributed by atoms with Crippen molar-refractivity contribution >= 4 is 17.8 Å². The first-order valence-corrected chi connectivity index (χ1v) is 2.55. The Morgan fingerprint density at radius 2 is 2.67 bits per heavy atom. The van der Waals surface area contributed by atoms with E-state index < -0.39 is 0 Å². The largest absolute Gasteiger partial charge is 0.442 e. The second-order valence-corrected chi connectivity index (χ2v) is 1.67. The Kier molecular flexibility index (Phi) is 1.69. The highest BCUT2D eigenvalue weighted by molar-refractivity contribution is 6.29. The summed E-state index contributed by atoms with van der Waals surface area (Å²) in [6, 6.07) is 0. The van der Waals surface area contributed by atoms with Crippen LogP contribution in [-0.4, -0.2) is 11.2 Å². The normalized spacial score (nSPS) is 10.8. The molecule has 0 atom stereocenters. The molecule has 2 N–H and O–H groups in total. The summed E-state index contributed by atoms with van der Waals surface area (Å²) < 4.78 is 4.73. The van der Waals surface area contributed by atoms with Gasteiger partial charge in [-0.1, -0.05) is 11.6 Å². The summed E-state index contributed by atoms with van der Waals surface area (Å²) in [5.74, 6) is 5.10. The van der Waals surface area contributed by atoms with E-state index in [1.807, 2.05) is 0 Å². The molecule has 0 aliphatic heterocycles. The summed E-state index contributed by atoms with van der Waals surface area (Å²) in [7, 11) is 0. The van der Waals surface area contributed by atoms with Gasteiger partial charge in [-0.25, -0.2) is 0 Å². The number of hydrazone groups is 1. The Morgan fingerprint density at radius 1 is 1.89 bits per heavy atom. The van der Waals surface area contributed by atoms with Crippen LogP contribution in [0.25, 0.3) is 0 Å². The molecule has 1 aromatic rings. The smallest absolute Gasteiger partial charge is 0.240 e. The van der Waals surface area contributed by atoms with E-state index in [9.17, 15) is 0 Å². The first kappa shape index (κ1) is 6.10. The van der Waals surface area contributed by atoms with Gasteiger partial charge in [0.15, 0.2) is 5.15 Å². The van der Waals surface area contributed by atoms with Gasteiger partial charge in [-0.2, -0.15) is 10.1 Å². The van der Waals surface area contributed by atoms with E-state index in [1.165, 1.54) is 12.5 Å². The molecule has 5 heteroatoms. The van der Waals surface area contributed by atoms with Gasteiger partial charge in [-0.05, 0) is 0 Å². The van der Waals surface area contributed by atoms with Gasteiger partial charge in [-0.15, -0.1) is 0 Å². The molecule has 0 spiro atoms. The van der Waals surface area contributed by atoms with Crippen LogP contribution < -0.4 is 5.84 Å². The minimum Gasteiger partial charge on any atom is -0.442 e. The van der Waals surface area contributed by atoms with Crippen LogP contribution in [0, 0.1) is 0 Å². The maximum absolute atomic E-state index is 5.39. The molecule has 0 saturated heterocycles. The van der Waals surface area contributed by atoms with Gasteiger partial charge in [0.05, 0.1) is 0 Å². The maximum atomic E-state index is 5.39. The second kappa shape index (κ2) is 2.50. The first-order chi connectivity index (χ1) is 4.33. The Morgan fingerprint density at radius 3 is 3.11 bits per heavy atom. The highest BCUT2D eigenvalue weighted by Crippen LogP contribution is 2.04. The quantitative estimate of drug-likeness (QED) is 0.358. The number of halogens is 1. The fourth-order valence-corrected chi connectivity index (χ4v) is 0.518. The van der Waals surface area contributed by atoms with Crippen LogP contribution in [-0.2, 0) is 0 Å². The second-order valence-electron chi connectivity index (χ2n) is 1.29. The van der Waals surface area contributed by atoms with E-state index in [2.05, 4.69) is 10.1 Å². The molecule has 0 unspecified atom stereocenters. The van der Waals surface area contributed by atoms with Gasteiger partial charge in [0, 0.05) is 0 Å². The summed E-state index contributed by atoms with van der Waals surface area (Å²) in [6.07, 6.45) is 2.57. The topological polar surface area (TPSA) is 64.4 Å². The third-order valence-electron chi connectivity index (χ3n) is 0.679. The van der Waals surface area contributed by atoms with E-state index in [1.54, 1.807) is 0 Å². The van der Waals surface area contributed by atoms with E-state index in [0.717, 1.165) is 0 Å². The predicted molar refractivity (Wildman–Crippen MR) is 33.3 cm³/mol. The Hall–Kier alpha value is -1.03. The number of hydrogen-bond acceptors (Lipinski definition) is 4. The summed E-state index contributed by atoms with van der Waals surface area (Å²) >= 11 is 5.39. The number of oxazole rings is 1. The van der Waals surface area contributed by atoms with Crippen molar-refractivity contribution < 1.29 is 4.42 Å². The van der Waals surface area contributed by atoms with E-state index in [4.69, 9.17) is 21.9 Å². The molecule has 0 radical (unpaired) electrons. The molecule has 0 aromatic carbocycles. The lowest BCUT2D eigenvalue weighted by Crippen LogP contribution is -1.84. The van der Waals surface area contributed by atoms with Crippen molar-refractivity contribution in [2.75, 3.05) is 0 Å². The number of aromatic nitrogens is 1. The van der Waals surface area contributed by atoms with Gasteiger partial charge in [0.1, 0.15) is 12.5 Å². The molecule has 0 aliphatic carbocycles. The van der Waals surface area contributed by atoms with Crippen molar-refractivity contribution in [2.24, 2.45) is 10.9 Å². The molecular formula is C4H4ClN3O. The third-order valence-corrected chi connectivity index (χ3v) is 0.852. The van der Waals surface area contributed by atoms with Crippen LogP contribution in [0.4, 0.5) is 0 Å².